The second-order valence-corrected chi connectivity index (χ2v) is 9.07. The standard InChI is InChI=1S/C29H28F3N3O3/c1-18-8-9-19(2)26(12-18)38-17-23-15-22(10-11-25(23)37-4)28(36)33-27-13-20(3)35(34-27)16-21-6-5-7-24(14-21)29(30,31)32/h5-15H,16-17H2,1-4H3,(H,33,34,36). The van der Waals surface area contributed by atoms with E-state index in [2.05, 4.69) is 10.4 Å². The first-order valence-electron chi connectivity index (χ1n) is 11.9. The van der Waals surface area contributed by atoms with Crippen molar-refractivity contribution in [3.63, 3.8) is 0 Å². The number of nitrogens with one attached hydrogen (secondary N) is 1. The number of nitrogens with zero attached hydrogens (tertiary/aromatic N) is 2. The highest BCUT2D eigenvalue weighted by molar-refractivity contribution is 6.04. The summed E-state index contributed by atoms with van der Waals surface area (Å²) in [7, 11) is 1.55. The summed E-state index contributed by atoms with van der Waals surface area (Å²) in [6.07, 6.45) is -4.42. The van der Waals surface area contributed by atoms with E-state index in [-0.39, 0.29) is 19.1 Å². The third-order valence-electron chi connectivity index (χ3n) is 6.08. The van der Waals surface area contributed by atoms with Crippen LogP contribution in [0.25, 0.3) is 0 Å². The number of alkyl halides is 3. The molecule has 0 saturated carbocycles. The minimum absolute atomic E-state index is 0.133. The summed E-state index contributed by atoms with van der Waals surface area (Å²) in [5.74, 6) is 1.25. The molecule has 0 aliphatic heterocycles. The zero-order chi connectivity index (χ0) is 27.4. The Balaban J connectivity index is 1.48. The largest absolute Gasteiger partial charge is 0.496 e. The van der Waals surface area contributed by atoms with E-state index < -0.39 is 11.7 Å². The molecule has 198 valence electrons. The Kier molecular flexibility index (Phi) is 7.75. The van der Waals surface area contributed by atoms with Crippen LogP contribution in [0.5, 0.6) is 11.5 Å². The molecule has 0 fully saturated rings. The number of hydrogen-bond acceptors (Lipinski definition) is 4. The van der Waals surface area contributed by atoms with E-state index in [1.54, 1.807) is 49.0 Å². The third kappa shape index (κ3) is 6.34. The lowest BCUT2D eigenvalue weighted by Gasteiger charge is -2.14. The molecule has 0 atom stereocenters. The number of carbonyl (C=O) groups is 1. The maximum absolute atomic E-state index is 13.1. The zero-order valence-electron chi connectivity index (χ0n) is 21.5. The van der Waals surface area contributed by atoms with Crippen LogP contribution in [0.15, 0.2) is 66.7 Å². The van der Waals surface area contributed by atoms with Gasteiger partial charge >= 0.3 is 6.18 Å². The molecule has 0 aliphatic rings. The first-order valence-corrected chi connectivity index (χ1v) is 11.9. The fourth-order valence-corrected chi connectivity index (χ4v) is 3.99. The van der Waals surface area contributed by atoms with Crippen molar-refractivity contribution in [2.75, 3.05) is 12.4 Å². The number of aromatic nitrogens is 2. The molecular formula is C29H28F3N3O3. The second kappa shape index (κ2) is 11.0. The van der Waals surface area contributed by atoms with Gasteiger partial charge in [0.2, 0.25) is 0 Å². The Morgan fingerprint density at radius 3 is 2.50 bits per heavy atom. The highest BCUT2D eigenvalue weighted by Crippen LogP contribution is 2.30. The minimum Gasteiger partial charge on any atom is -0.496 e. The van der Waals surface area contributed by atoms with Crippen molar-refractivity contribution in [1.82, 2.24) is 9.78 Å². The number of halogens is 3. The lowest BCUT2D eigenvalue weighted by atomic mass is 10.1. The van der Waals surface area contributed by atoms with Crippen molar-refractivity contribution in [3.8, 4) is 11.5 Å². The Labute approximate surface area is 219 Å². The molecule has 3 aromatic carbocycles. The van der Waals surface area contributed by atoms with Gasteiger partial charge in [-0.2, -0.15) is 18.3 Å². The number of ether oxygens (including phenoxy) is 2. The number of rotatable bonds is 8. The van der Waals surface area contributed by atoms with Crippen LogP contribution in [0.3, 0.4) is 0 Å². The van der Waals surface area contributed by atoms with Gasteiger partial charge in [-0.25, -0.2) is 0 Å². The fourth-order valence-electron chi connectivity index (χ4n) is 3.99. The molecule has 0 saturated heterocycles. The number of benzene rings is 3. The monoisotopic (exact) mass is 523 g/mol. The van der Waals surface area contributed by atoms with Gasteiger partial charge in [-0.3, -0.25) is 9.48 Å². The quantitative estimate of drug-likeness (QED) is 0.279. The lowest BCUT2D eigenvalue weighted by Crippen LogP contribution is -2.14. The summed E-state index contributed by atoms with van der Waals surface area (Å²) in [4.78, 5) is 13.0. The molecule has 1 heterocycles. The van der Waals surface area contributed by atoms with E-state index in [0.29, 0.717) is 34.0 Å². The summed E-state index contributed by atoms with van der Waals surface area (Å²) in [5.41, 5.74) is 3.59. The highest BCUT2D eigenvalue weighted by atomic mass is 19.4. The normalized spacial score (nSPS) is 11.3. The van der Waals surface area contributed by atoms with Crippen LogP contribution in [0.2, 0.25) is 0 Å². The van der Waals surface area contributed by atoms with E-state index in [4.69, 9.17) is 9.47 Å². The molecule has 0 unspecified atom stereocenters. The van der Waals surface area contributed by atoms with Crippen molar-refractivity contribution < 1.29 is 27.4 Å². The van der Waals surface area contributed by atoms with Gasteiger partial charge in [0.25, 0.3) is 5.91 Å². The summed E-state index contributed by atoms with van der Waals surface area (Å²) in [5, 5.41) is 7.13. The molecule has 6 nitrogen and oxygen atoms in total. The molecule has 1 N–H and O–H groups in total. The molecule has 0 radical (unpaired) electrons. The maximum atomic E-state index is 13.1. The van der Waals surface area contributed by atoms with Crippen LogP contribution >= 0.6 is 0 Å². The summed E-state index contributed by atoms with van der Waals surface area (Å²) >= 11 is 0. The predicted molar refractivity (Wildman–Crippen MR) is 139 cm³/mol. The first-order chi connectivity index (χ1) is 18.0. The van der Waals surface area contributed by atoms with E-state index in [0.717, 1.165) is 29.0 Å². The van der Waals surface area contributed by atoms with Gasteiger partial charge < -0.3 is 14.8 Å². The van der Waals surface area contributed by atoms with Crippen LogP contribution in [0.4, 0.5) is 19.0 Å². The molecule has 0 aliphatic carbocycles. The highest BCUT2D eigenvalue weighted by Gasteiger charge is 2.30. The number of anilines is 1. The number of aryl methyl sites for hydroxylation is 3. The molecule has 0 spiro atoms. The van der Waals surface area contributed by atoms with E-state index in [9.17, 15) is 18.0 Å². The topological polar surface area (TPSA) is 65.4 Å². The van der Waals surface area contributed by atoms with Gasteiger partial charge in [0, 0.05) is 22.9 Å². The van der Waals surface area contributed by atoms with Crippen LogP contribution in [0.1, 0.15) is 43.9 Å². The smallest absolute Gasteiger partial charge is 0.416 e. The van der Waals surface area contributed by atoms with Crippen molar-refractivity contribution in [2.24, 2.45) is 0 Å². The van der Waals surface area contributed by atoms with Crippen LogP contribution < -0.4 is 14.8 Å². The van der Waals surface area contributed by atoms with E-state index in [1.165, 1.54) is 6.07 Å². The Morgan fingerprint density at radius 2 is 1.76 bits per heavy atom. The Hall–Kier alpha value is -4.27. The van der Waals surface area contributed by atoms with Crippen LogP contribution in [0, 0.1) is 20.8 Å². The average Bonchev–Trinajstić information content (AvgIpc) is 3.22. The van der Waals surface area contributed by atoms with E-state index >= 15 is 0 Å². The van der Waals surface area contributed by atoms with Gasteiger partial charge in [-0.1, -0.05) is 24.3 Å². The van der Waals surface area contributed by atoms with Gasteiger partial charge in [0.05, 0.1) is 19.2 Å². The lowest BCUT2D eigenvalue weighted by molar-refractivity contribution is -0.137. The molecular weight excluding hydrogens is 495 g/mol. The Morgan fingerprint density at radius 1 is 0.974 bits per heavy atom. The van der Waals surface area contributed by atoms with Gasteiger partial charge in [-0.05, 0) is 73.9 Å². The van der Waals surface area contributed by atoms with E-state index in [1.807, 2.05) is 32.0 Å². The van der Waals surface area contributed by atoms with Crippen molar-refractivity contribution in [1.29, 1.82) is 0 Å². The molecule has 1 amide bonds. The van der Waals surface area contributed by atoms with Crippen molar-refractivity contribution >= 4 is 11.7 Å². The molecule has 9 heteroatoms. The van der Waals surface area contributed by atoms with Crippen LogP contribution in [-0.2, 0) is 19.3 Å². The SMILES string of the molecule is COc1ccc(C(=O)Nc2cc(C)n(Cc3cccc(C(F)(F)F)c3)n2)cc1COc1cc(C)ccc1C. The molecule has 0 bridgehead atoms. The fraction of sp³-hybridized carbons (Fsp3) is 0.241. The number of methoxy groups -OCH3 is 1. The van der Waals surface area contributed by atoms with Gasteiger partial charge in [-0.15, -0.1) is 0 Å². The zero-order valence-corrected chi connectivity index (χ0v) is 21.5. The van der Waals surface area contributed by atoms with Crippen molar-refractivity contribution in [2.45, 2.75) is 40.1 Å². The van der Waals surface area contributed by atoms with Gasteiger partial charge in [0.15, 0.2) is 5.82 Å². The summed E-state index contributed by atoms with van der Waals surface area (Å²) < 4.78 is 52.2. The van der Waals surface area contributed by atoms with Crippen LogP contribution in [-0.4, -0.2) is 22.8 Å². The molecule has 1 aromatic heterocycles. The number of hydrogen-bond donors (Lipinski definition) is 1. The number of amides is 1. The third-order valence-corrected chi connectivity index (χ3v) is 6.08. The number of carbonyl (C=O) groups excluding carboxylic acids is 1. The molecule has 38 heavy (non-hydrogen) atoms. The maximum Gasteiger partial charge on any atom is 0.416 e. The second-order valence-electron chi connectivity index (χ2n) is 9.07. The molecule has 4 aromatic rings. The Bertz CT molecular complexity index is 1460. The van der Waals surface area contributed by atoms with Gasteiger partial charge in [0.1, 0.15) is 18.1 Å². The average molecular weight is 524 g/mol. The summed E-state index contributed by atoms with van der Waals surface area (Å²) in [6.45, 7) is 6.06. The predicted octanol–water partition coefficient (Wildman–Crippen LogP) is 6.72. The summed E-state index contributed by atoms with van der Waals surface area (Å²) in [6, 6.07) is 17.8. The minimum atomic E-state index is -4.42. The first kappa shape index (κ1) is 26.8. The van der Waals surface area contributed by atoms with Crippen molar-refractivity contribution in [3.05, 3.63) is 106 Å². The molecule has 4 rings (SSSR count).